The maximum absolute atomic E-state index is 13.7. The van der Waals surface area contributed by atoms with Gasteiger partial charge < -0.3 is 34.2 Å². The summed E-state index contributed by atoms with van der Waals surface area (Å²) in [5, 5.41) is 6.59. The van der Waals surface area contributed by atoms with Crippen LogP contribution in [0.5, 0.6) is 0 Å². The molecule has 25 heteroatoms. The molecule has 0 aliphatic heterocycles. The molecule has 0 aliphatic rings. The average Bonchev–Trinajstić information content (AvgIpc) is 2.09. The molecule has 0 atom stereocenters. The number of H-pyrrole nitrogens is 1. The smallest absolute Gasteiger partial charge is 0.356 e. The van der Waals surface area contributed by atoms with Gasteiger partial charge in [0.05, 0.1) is 56.7 Å². The Morgan fingerprint density at radius 1 is 0.563 bits per heavy atom. The number of esters is 2. The monoisotopic (exact) mass is 1200 g/mol. The van der Waals surface area contributed by atoms with Gasteiger partial charge in [0.25, 0.3) is 33.0 Å². The average molecular weight is 1200 g/mol. The molecule has 0 fully saturated rings. The number of aromatic amines is 1. The summed E-state index contributed by atoms with van der Waals surface area (Å²) in [7, 11) is -1.63. The third-order valence-corrected chi connectivity index (χ3v) is 15.2. The molecular formula is C62H46F4N10O10S. The second kappa shape index (κ2) is 25.3. The van der Waals surface area contributed by atoms with Crippen LogP contribution >= 0.6 is 0 Å². The molecule has 438 valence electrons. The van der Waals surface area contributed by atoms with Crippen LogP contribution in [0.3, 0.4) is 0 Å². The van der Waals surface area contributed by atoms with Gasteiger partial charge in [-0.2, -0.15) is 0 Å². The first-order valence-electron chi connectivity index (χ1n) is 26.1. The lowest BCUT2D eigenvalue weighted by atomic mass is 10.0. The third kappa shape index (κ3) is 12.8. The van der Waals surface area contributed by atoms with Crippen molar-refractivity contribution in [3.63, 3.8) is 0 Å². The number of carbonyl (C=O) groups is 4. The van der Waals surface area contributed by atoms with Crippen molar-refractivity contribution in [2.24, 2.45) is 0 Å². The van der Waals surface area contributed by atoms with Gasteiger partial charge in [0.15, 0.2) is 28.9 Å². The molecule has 0 saturated heterocycles. The minimum absolute atomic E-state index is 0.0473. The van der Waals surface area contributed by atoms with Crippen molar-refractivity contribution in [2.75, 3.05) is 14.2 Å². The normalized spacial score (nSPS) is 11.2. The highest BCUT2D eigenvalue weighted by molar-refractivity contribution is 7.90. The fraction of sp³-hybridized carbons (Fsp3) is 0.0968. The zero-order chi connectivity index (χ0) is 61.5. The predicted octanol–water partition coefficient (Wildman–Crippen LogP) is 8.37. The van der Waals surface area contributed by atoms with Crippen LogP contribution in [0.4, 0.5) is 17.6 Å². The van der Waals surface area contributed by atoms with Crippen molar-refractivity contribution in [1.29, 1.82) is 0 Å². The van der Waals surface area contributed by atoms with Gasteiger partial charge in [0.1, 0.15) is 28.2 Å². The summed E-state index contributed by atoms with van der Waals surface area (Å²) in [6.07, 6.45) is 9.15. The minimum atomic E-state index is -4.05. The second-order valence-corrected chi connectivity index (χ2v) is 21.0. The number of ether oxygens (including phenoxy) is 2. The number of hydrogen-bond donors (Lipinski definition) is 3. The highest BCUT2D eigenvalue weighted by Crippen LogP contribution is 2.33. The molecule has 20 nitrogen and oxygen atoms in total. The molecule has 0 bridgehead atoms. The second-order valence-electron chi connectivity index (χ2n) is 19.2. The number of nitrogens with one attached hydrogen (secondary N) is 3. The number of nitrogens with zero attached hydrogens (tertiary/aromatic N) is 7. The zero-order valence-electron chi connectivity index (χ0n) is 45.7. The van der Waals surface area contributed by atoms with Gasteiger partial charge in [-0.15, -0.1) is 0 Å². The summed E-state index contributed by atoms with van der Waals surface area (Å²) < 4.78 is 94.3. The van der Waals surface area contributed by atoms with E-state index in [0.29, 0.717) is 44.5 Å². The predicted molar refractivity (Wildman–Crippen MR) is 309 cm³/mol. The van der Waals surface area contributed by atoms with E-state index in [1.54, 1.807) is 67.0 Å². The van der Waals surface area contributed by atoms with E-state index in [0.717, 1.165) is 39.2 Å². The van der Waals surface area contributed by atoms with Crippen molar-refractivity contribution >= 4 is 55.8 Å². The summed E-state index contributed by atoms with van der Waals surface area (Å²) >= 11 is 0. The van der Waals surface area contributed by atoms with Crippen LogP contribution in [0.15, 0.2) is 191 Å². The number of carbonyl (C=O) groups excluding carboxylic acids is 4. The summed E-state index contributed by atoms with van der Waals surface area (Å²) in [5.41, 5.74) is 2.61. The number of methoxy groups -OCH3 is 2. The van der Waals surface area contributed by atoms with Gasteiger partial charge in [-0.3, -0.25) is 19.2 Å². The van der Waals surface area contributed by atoms with E-state index in [4.69, 9.17) is 9.47 Å². The number of benzene rings is 3. The summed E-state index contributed by atoms with van der Waals surface area (Å²) in [6, 6.07) is 33.4. The van der Waals surface area contributed by atoms with Gasteiger partial charge in [0, 0.05) is 59.1 Å². The van der Waals surface area contributed by atoms with Crippen LogP contribution in [-0.4, -0.2) is 84.4 Å². The van der Waals surface area contributed by atoms with Crippen LogP contribution in [0, 0.1) is 23.3 Å². The van der Waals surface area contributed by atoms with Crippen LogP contribution < -0.4 is 21.8 Å². The van der Waals surface area contributed by atoms with Crippen molar-refractivity contribution in [3.8, 4) is 22.3 Å². The van der Waals surface area contributed by atoms with E-state index in [1.165, 1.54) is 103 Å². The number of fused-ring (bicyclic) bond motifs is 2. The molecular weight excluding hydrogens is 1150 g/mol. The zero-order valence-corrected chi connectivity index (χ0v) is 46.5. The van der Waals surface area contributed by atoms with E-state index in [1.807, 2.05) is 6.07 Å². The number of halogens is 4. The number of pyridine rings is 6. The molecule has 0 aliphatic carbocycles. The van der Waals surface area contributed by atoms with Crippen LogP contribution in [0.2, 0.25) is 0 Å². The molecule has 0 unspecified atom stereocenters. The van der Waals surface area contributed by atoms with Crippen LogP contribution in [-0.2, 0) is 45.7 Å². The third-order valence-electron chi connectivity index (χ3n) is 13.5. The Bertz CT molecular complexity index is 4740. The summed E-state index contributed by atoms with van der Waals surface area (Å²) in [6.45, 7) is -0.476. The number of aromatic nitrogens is 8. The molecule has 0 saturated carbocycles. The van der Waals surface area contributed by atoms with Crippen LogP contribution in [0.25, 0.3) is 44.3 Å². The van der Waals surface area contributed by atoms with Gasteiger partial charge in [-0.1, -0.05) is 30.3 Å². The van der Waals surface area contributed by atoms with Crippen molar-refractivity contribution in [3.05, 3.63) is 266 Å². The molecule has 11 aromatic rings. The number of hydrogen-bond acceptors (Lipinski definition) is 14. The van der Waals surface area contributed by atoms with E-state index in [9.17, 15) is 54.7 Å². The van der Waals surface area contributed by atoms with Gasteiger partial charge in [-0.25, -0.2) is 59.5 Å². The first kappa shape index (κ1) is 59.0. The molecule has 0 spiro atoms. The standard InChI is InChI=1S/C34H25F2N5O6S.C28H21F2N5O4/c1-47-34(44)30-17-22(27-20-41(31-25(27)9-5-13-37-31)48(45,46)24-7-3-2-4-8-24)16-23(39-30)18-38-32(42)26-10-6-14-40(33(26)43)19-21-11-12-28(35)29(36)15-21;1-39-28(38)24-12-17(21-14-32-25-19(21)4-2-8-31-25)11-18(34-24)13-33-26(36)20-5-3-9-35(27(20)37)15-16-6-7-22(29)23(30)10-16/h2-17,20H,18-19H2,1H3,(H,38,42);2-12,14H,13,15H2,1H3,(H,31,32)(H,33,36). The fourth-order valence-electron chi connectivity index (χ4n) is 9.30. The molecule has 87 heavy (non-hydrogen) atoms. The molecule has 8 heterocycles. The maximum atomic E-state index is 13.7. The Hall–Kier alpha value is -11.2. The van der Waals surface area contributed by atoms with Gasteiger partial charge >= 0.3 is 11.9 Å². The highest BCUT2D eigenvalue weighted by Gasteiger charge is 2.25. The van der Waals surface area contributed by atoms with E-state index in [2.05, 4.69) is 35.6 Å². The summed E-state index contributed by atoms with van der Waals surface area (Å²) in [4.78, 5) is 97.4. The Labute approximate surface area is 490 Å². The Balaban J connectivity index is 0.000000197. The van der Waals surface area contributed by atoms with E-state index < -0.39 is 68.2 Å². The first-order valence-corrected chi connectivity index (χ1v) is 27.6. The minimum Gasteiger partial charge on any atom is -0.464 e. The molecule has 0 radical (unpaired) electrons. The topological polar surface area (TPSA) is 261 Å². The Morgan fingerprint density at radius 3 is 1.59 bits per heavy atom. The SMILES string of the molecule is COC(=O)c1cc(-c2c[nH]c3ncccc23)cc(CNC(=O)c2cccn(Cc3ccc(F)c(F)c3)c2=O)n1.COC(=O)c1cc(-c2cn(S(=O)(=O)c3ccccc3)c3ncccc23)cc(CNC(=O)c2cccn(Cc3ccc(F)c(F)c3)c2=O)n1. The summed E-state index contributed by atoms with van der Waals surface area (Å²) in [5.74, 6) is -6.94. The van der Waals surface area contributed by atoms with Crippen LogP contribution in [0.1, 0.15) is 64.2 Å². The lowest BCUT2D eigenvalue weighted by molar-refractivity contribution is 0.0585. The molecule has 3 N–H and O–H groups in total. The Morgan fingerprint density at radius 2 is 1.07 bits per heavy atom. The van der Waals surface area contributed by atoms with Gasteiger partial charge in [0.2, 0.25) is 0 Å². The quantitative estimate of drug-likeness (QED) is 0.0607. The number of amides is 2. The molecule has 2 amide bonds. The Kier molecular flexibility index (Phi) is 17.2. The maximum Gasteiger partial charge on any atom is 0.356 e. The van der Waals surface area contributed by atoms with Crippen molar-refractivity contribution in [2.45, 2.75) is 31.1 Å². The largest absolute Gasteiger partial charge is 0.464 e. The van der Waals surface area contributed by atoms with Gasteiger partial charge in [-0.05, 0) is 131 Å². The number of rotatable bonds is 16. The van der Waals surface area contributed by atoms with Crippen molar-refractivity contribution < 1.29 is 54.6 Å². The highest BCUT2D eigenvalue weighted by atomic mass is 32.2. The molecule has 11 rings (SSSR count). The molecule has 3 aromatic carbocycles. The lowest BCUT2D eigenvalue weighted by Crippen LogP contribution is -2.33. The van der Waals surface area contributed by atoms with E-state index >= 15 is 0 Å². The van der Waals surface area contributed by atoms with E-state index in [-0.39, 0.29) is 64.9 Å². The first-order chi connectivity index (χ1) is 41.9. The lowest BCUT2D eigenvalue weighted by Gasteiger charge is -2.11. The fourth-order valence-corrected chi connectivity index (χ4v) is 10.6. The molecule has 8 aromatic heterocycles. The van der Waals surface area contributed by atoms with Crippen molar-refractivity contribution in [1.82, 2.24) is 48.7 Å².